The first-order valence-electron chi connectivity index (χ1n) is 10.4. The summed E-state index contributed by atoms with van der Waals surface area (Å²) in [5, 5.41) is 0. The lowest BCUT2D eigenvalue weighted by molar-refractivity contribution is -0.136. The van der Waals surface area contributed by atoms with E-state index in [0.717, 1.165) is 16.0 Å². The van der Waals surface area contributed by atoms with Crippen molar-refractivity contribution < 1.29 is 19.1 Å². The number of nitrogens with zero attached hydrogens (tertiary/aromatic N) is 2. The van der Waals surface area contributed by atoms with Crippen LogP contribution in [0.4, 0.5) is 0 Å². The number of aromatic nitrogens is 1. The Kier molecular flexibility index (Phi) is 6.85. The summed E-state index contributed by atoms with van der Waals surface area (Å²) in [6.45, 7) is 3.09. The Morgan fingerprint density at radius 2 is 1.79 bits per heavy atom. The van der Waals surface area contributed by atoms with Crippen molar-refractivity contribution >= 4 is 41.1 Å². The molecule has 2 heterocycles. The number of esters is 2. The molecule has 1 aromatic heterocycles. The van der Waals surface area contributed by atoms with Gasteiger partial charge in [-0.15, -0.1) is 11.8 Å². The van der Waals surface area contributed by atoms with E-state index in [-0.39, 0.29) is 5.56 Å². The van der Waals surface area contributed by atoms with Crippen LogP contribution in [-0.4, -0.2) is 29.9 Å². The van der Waals surface area contributed by atoms with Gasteiger partial charge in [0.1, 0.15) is 5.75 Å². The molecule has 9 heteroatoms. The Bertz CT molecular complexity index is 1470. The minimum atomic E-state index is -0.645. The van der Waals surface area contributed by atoms with Crippen molar-refractivity contribution in [2.24, 2.45) is 4.99 Å². The first-order chi connectivity index (χ1) is 16.3. The number of carbonyl (C=O) groups excluding carboxylic acids is 2. The highest BCUT2D eigenvalue weighted by Gasteiger charge is 2.33. The van der Waals surface area contributed by atoms with Gasteiger partial charge < -0.3 is 9.47 Å². The van der Waals surface area contributed by atoms with Gasteiger partial charge >= 0.3 is 11.9 Å². The summed E-state index contributed by atoms with van der Waals surface area (Å²) in [6, 6.07) is 14.0. The average molecular weight is 495 g/mol. The van der Waals surface area contributed by atoms with Crippen LogP contribution in [-0.2, 0) is 14.3 Å². The normalized spacial score (nSPS) is 15.5. The Balaban J connectivity index is 1.86. The summed E-state index contributed by atoms with van der Waals surface area (Å²) >= 11 is 2.87. The maximum atomic E-state index is 13.5. The van der Waals surface area contributed by atoms with Crippen molar-refractivity contribution in [3.8, 4) is 5.75 Å². The molecule has 0 saturated heterocycles. The fourth-order valence-corrected chi connectivity index (χ4v) is 5.20. The predicted molar refractivity (Wildman–Crippen MR) is 132 cm³/mol. The standard InChI is InChI=1S/C25H22N2O5S2/c1-14-21(24(30)31-3)22(17-7-11-19(33-4)12-8-17)27-23(29)20(34-25(27)26-14)13-16-5-9-18(10-6-16)32-15(2)28/h5-13,22H,1-4H3/b20-13+/t22-/m0/s1. The highest BCUT2D eigenvalue weighted by Crippen LogP contribution is 2.31. The molecule has 7 nitrogen and oxygen atoms in total. The molecule has 0 amide bonds. The van der Waals surface area contributed by atoms with Crippen molar-refractivity contribution in [3.63, 3.8) is 0 Å². The van der Waals surface area contributed by atoms with Gasteiger partial charge in [0.2, 0.25) is 0 Å². The zero-order chi connectivity index (χ0) is 24.4. The molecule has 1 aliphatic heterocycles. The second kappa shape index (κ2) is 9.82. The van der Waals surface area contributed by atoms with Gasteiger partial charge in [-0.1, -0.05) is 35.6 Å². The highest BCUT2D eigenvalue weighted by molar-refractivity contribution is 7.98. The van der Waals surface area contributed by atoms with Gasteiger partial charge in [0.05, 0.1) is 29.0 Å². The summed E-state index contributed by atoms with van der Waals surface area (Å²) in [5.74, 6) is -0.489. The minimum Gasteiger partial charge on any atom is -0.466 e. The van der Waals surface area contributed by atoms with Gasteiger partial charge in [0.25, 0.3) is 5.56 Å². The van der Waals surface area contributed by atoms with Crippen molar-refractivity contribution in [1.82, 2.24) is 4.57 Å². The number of thiazole rings is 1. The van der Waals surface area contributed by atoms with E-state index in [9.17, 15) is 14.4 Å². The third kappa shape index (κ3) is 4.62. The van der Waals surface area contributed by atoms with Crippen molar-refractivity contribution in [2.75, 3.05) is 13.4 Å². The van der Waals surface area contributed by atoms with Crippen molar-refractivity contribution in [1.29, 1.82) is 0 Å². The average Bonchev–Trinajstić information content (AvgIpc) is 3.13. The topological polar surface area (TPSA) is 87.0 Å². The summed E-state index contributed by atoms with van der Waals surface area (Å²) in [4.78, 5) is 43.5. The van der Waals surface area contributed by atoms with E-state index in [4.69, 9.17) is 9.47 Å². The molecule has 0 radical (unpaired) electrons. The van der Waals surface area contributed by atoms with Gasteiger partial charge in [-0.3, -0.25) is 14.2 Å². The first-order valence-corrected chi connectivity index (χ1v) is 12.4. The lowest BCUT2D eigenvalue weighted by Crippen LogP contribution is -2.39. The van der Waals surface area contributed by atoms with Crippen LogP contribution < -0.4 is 19.6 Å². The molecule has 34 heavy (non-hydrogen) atoms. The molecular weight excluding hydrogens is 472 g/mol. The Morgan fingerprint density at radius 3 is 2.38 bits per heavy atom. The molecule has 0 aliphatic carbocycles. The van der Waals surface area contributed by atoms with Crippen LogP contribution in [0, 0.1) is 0 Å². The van der Waals surface area contributed by atoms with Gasteiger partial charge in [-0.2, -0.15) is 0 Å². The Morgan fingerprint density at radius 1 is 1.12 bits per heavy atom. The van der Waals surface area contributed by atoms with Crippen molar-refractivity contribution in [3.05, 3.63) is 90.6 Å². The van der Waals surface area contributed by atoms with E-state index >= 15 is 0 Å². The second-order valence-electron chi connectivity index (χ2n) is 7.51. The molecule has 174 valence electrons. The van der Waals surface area contributed by atoms with E-state index < -0.39 is 18.0 Å². The molecule has 0 spiro atoms. The molecule has 1 atom stereocenters. The number of thioether (sulfide) groups is 1. The van der Waals surface area contributed by atoms with Gasteiger partial charge in [-0.25, -0.2) is 9.79 Å². The van der Waals surface area contributed by atoms with Crippen LogP contribution >= 0.6 is 23.1 Å². The van der Waals surface area contributed by atoms with Crippen LogP contribution in [0.15, 0.2) is 74.5 Å². The van der Waals surface area contributed by atoms with E-state index in [1.807, 2.05) is 30.5 Å². The second-order valence-corrected chi connectivity index (χ2v) is 9.40. The number of hydrogen-bond donors (Lipinski definition) is 0. The van der Waals surface area contributed by atoms with Crippen LogP contribution in [0.25, 0.3) is 6.08 Å². The number of hydrogen-bond acceptors (Lipinski definition) is 8. The van der Waals surface area contributed by atoms with E-state index in [2.05, 4.69) is 4.99 Å². The highest BCUT2D eigenvalue weighted by atomic mass is 32.2. The van der Waals surface area contributed by atoms with E-state index in [1.165, 1.54) is 25.4 Å². The first kappa shape index (κ1) is 23.7. The van der Waals surface area contributed by atoms with E-state index in [0.29, 0.717) is 26.4 Å². The number of fused-ring (bicyclic) bond motifs is 1. The van der Waals surface area contributed by atoms with Crippen LogP contribution in [0.1, 0.15) is 31.0 Å². The van der Waals surface area contributed by atoms with Gasteiger partial charge in [0, 0.05) is 11.8 Å². The monoisotopic (exact) mass is 494 g/mol. The molecule has 4 rings (SSSR count). The van der Waals surface area contributed by atoms with E-state index in [1.54, 1.807) is 53.6 Å². The number of allylic oxidation sites excluding steroid dienone is 1. The van der Waals surface area contributed by atoms with Crippen LogP contribution in [0.5, 0.6) is 5.75 Å². The summed E-state index contributed by atoms with van der Waals surface area (Å²) in [5.41, 5.74) is 2.17. The number of benzene rings is 2. The third-order valence-corrected chi connectivity index (χ3v) is 7.02. The molecule has 0 bridgehead atoms. The Labute approximate surface area is 204 Å². The zero-order valence-corrected chi connectivity index (χ0v) is 20.7. The molecule has 2 aromatic carbocycles. The zero-order valence-electron chi connectivity index (χ0n) is 19.0. The third-order valence-electron chi connectivity index (χ3n) is 5.30. The molecule has 3 aromatic rings. The van der Waals surface area contributed by atoms with Crippen LogP contribution in [0.3, 0.4) is 0 Å². The smallest absolute Gasteiger partial charge is 0.338 e. The molecule has 0 unspecified atom stereocenters. The fourth-order valence-electron chi connectivity index (χ4n) is 3.74. The SMILES string of the molecule is COC(=O)C1=C(C)N=c2s/c(=C/c3ccc(OC(C)=O)cc3)c(=O)n2[C@H]1c1ccc(SC)cc1. The number of methoxy groups -OCH3 is 1. The number of carbonyl (C=O) groups is 2. The van der Waals surface area contributed by atoms with Crippen LogP contribution in [0.2, 0.25) is 0 Å². The summed E-state index contributed by atoms with van der Waals surface area (Å²) in [7, 11) is 1.32. The molecule has 0 saturated carbocycles. The largest absolute Gasteiger partial charge is 0.466 e. The molecule has 1 aliphatic rings. The minimum absolute atomic E-state index is 0.249. The summed E-state index contributed by atoms with van der Waals surface area (Å²) in [6.07, 6.45) is 3.74. The fraction of sp³-hybridized carbons (Fsp3) is 0.200. The lowest BCUT2D eigenvalue weighted by atomic mass is 9.96. The maximum Gasteiger partial charge on any atom is 0.338 e. The van der Waals surface area contributed by atoms with Gasteiger partial charge in [-0.05, 0) is 54.6 Å². The molecule has 0 fully saturated rings. The Hall–Kier alpha value is -3.43. The van der Waals surface area contributed by atoms with Gasteiger partial charge in [0.15, 0.2) is 4.80 Å². The summed E-state index contributed by atoms with van der Waals surface area (Å²) < 4.78 is 12.1. The molecular formula is C25H22N2O5S2. The molecule has 0 N–H and O–H groups in total. The quantitative estimate of drug-likeness (QED) is 0.308. The number of rotatable bonds is 5. The van der Waals surface area contributed by atoms with Crippen molar-refractivity contribution in [2.45, 2.75) is 24.8 Å². The number of ether oxygens (including phenoxy) is 2. The predicted octanol–water partition coefficient (Wildman–Crippen LogP) is 3.06. The maximum absolute atomic E-state index is 13.5. The lowest BCUT2D eigenvalue weighted by Gasteiger charge is -2.24.